The minimum atomic E-state index is -0.354. The number of benzene rings is 3. The Balaban J connectivity index is 1.47. The third-order valence-corrected chi connectivity index (χ3v) is 6.58. The van der Waals surface area contributed by atoms with E-state index in [9.17, 15) is 4.79 Å². The first-order chi connectivity index (χ1) is 17.8. The number of methoxy groups -OCH3 is 1. The van der Waals surface area contributed by atoms with Crippen LogP contribution in [0.3, 0.4) is 0 Å². The number of halogens is 2. The van der Waals surface area contributed by atoms with Crippen LogP contribution in [0.5, 0.6) is 5.75 Å². The van der Waals surface area contributed by atoms with Gasteiger partial charge in [0.2, 0.25) is 0 Å². The summed E-state index contributed by atoms with van der Waals surface area (Å²) in [6.45, 7) is 7.04. The molecule has 0 aliphatic heterocycles. The molecular weight excluding hydrogens is 511 g/mol. The van der Waals surface area contributed by atoms with Crippen molar-refractivity contribution in [1.82, 2.24) is 15.0 Å². The van der Waals surface area contributed by atoms with Crippen molar-refractivity contribution in [3.63, 3.8) is 0 Å². The molecule has 4 rings (SSSR count). The number of carbonyl (C=O) groups excluding carboxylic acids is 1. The summed E-state index contributed by atoms with van der Waals surface area (Å²) in [4.78, 5) is 11.6. The van der Waals surface area contributed by atoms with Crippen molar-refractivity contribution >= 4 is 34.9 Å². The smallest absolute Gasteiger partial charge is 0.337 e. The molecule has 0 atom stereocenters. The normalized spacial score (nSPS) is 11.0. The van der Waals surface area contributed by atoms with Crippen LogP contribution in [0.2, 0.25) is 10.0 Å². The van der Waals surface area contributed by atoms with Crippen LogP contribution in [0.1, 0.15) is 52.6 Å². The topological polar surface area (TPSA) is 78.3 Å². The van der Waals surface area contributed by atoms with Crippen molar-refractivity contribution in [2.45, 2.75) is 39.8 Å². The van der Waals surface area contributed by atoms with E-state index in [1.807, 2.05) is 37.3 Å². The summed E-state index contributed by atoms with van der Waals surface area (Å²) in [6, 6.07) is 18.5. The van der Waals surface area contributed by atoms with Crippen LogP contribution in [-0.2, 0) is 17.9 Å². The SMILES string of the molecule is COC(=O)c1ccc(NCc2ccc(OCc3c(C(C)C)nnn3-c3c(Cl)cccc3Cl)cc2C)cc1. The number of aromatic nitrogens is 3. The highest BCUT2D eigenvalue weighted by Gasteiger charge is 2.21. The van der Waals surface area contributed by atoms with E-state index in [4.69, 9.17) is 32.7 Å². The van der Waals surface area contributed by atoms with Crippen LogP contribution < -0.4 is 10.1 Å². The van der Waals surface area contributed by atoms with Gasteiger partial charge < -0.3 is 14.8 Å². The van der Waals surface area contributed by atoms with Crippen LogP contribution >= 0.6 is 23.2 Å². The molecule has 0 fully saturated rings. The van der Waals surface area contributed by atoms with Crippen molar-refractivity contribution in [3.8, 4) is 11.4 Å². The zero-order valence-electron chi connectivity index (χ0n) is 21.1. The first-order valence-corrected chi connectivity index (χ1v) is 12.6. The molecule has 7 nitrogen and oxygen atoms in total. The van der Waals surface area contributed by atoms with Gasteiger partial charge in [0.05, 0.1) is 28.4 Å². The Labute approximate surface area is 226 Å². The molecular formula is C28H28Cl2N4O3. The Morgan fingerprint density at radius 3 is 2.38 bits per heavy atom. The minimum absolute atomic E-state index is 0.144. The molecule has 1 heterocycles. The Hall–Kier alpha value is -3.55. The summed E-state index contributed by atoms with van der Waals surface area (Å²) in [5.74, 6) is 0.522. The van der Waals surface area contributed by atoms with Gasteiger partial charge in [0, 0.05) is 12.2 Å². The number of carbonyl (C=O) groups is 1. The fourth-order valence-corrected chi connectivity index (χ4v) is 4.47. The molecule has 192 valence electrons. The van der Waals surface area contributed by atoms with E-state index in [2.05, 4.69) is 29.5 Å². The van der Waals surface area contributed by atoms with Crippen LogP contribution in [-0.4, -0.2) is 28.1 Å². The van der Waals surface area contributed by atoms with Gasteiger partial charge in [-0.3, -0.25) is 0 Å². The van der Waals surface area contributed by atoms with Crippen molar-refractivity contribution in [3.05, 3.63) is 98.8 Å². The van der Waals surface area contributed by atoms with Gasteiger partial charge in [-0.2, -0.15) is 0 Å². The van der Waals surface area contributed by atoms with E-state index in [1.54, 1.807) is 35.0 Å². The molecule has 0 unspecified atom stereocenters. The largest absolute Gasteiger partial charge is 0.487 e. The number of nitrogens with one attached hydrogen (secondary N) is 1. The Morgan fingerprint density at radius 1 is 1.05 bits per heavy atom. The number of esters is 1. The zero-order chi connectivity index (χ0) is 26.5. The number of anilines is 1. The molecule has 0 amide bonds. The van der Waals surface area contributed by atoms with Gasteiger partial charge in [0.1, 0.15) is 23.7 Å². The fraction of sp³-hybridized carbons (Fsp3) is 0.250. The lowest BCUT2D eigenvalue weighted by molar-refractivity contribution is 0.0600. The summed E-state index contributed by atoms with van der Waals surface area (Å²) < 4.78 is 12.6. The third-order valence-electron chi connectivity index (χ3n) is 5.97. The summed E-state index contributed by atoms with van der Waals surface area (Å²) in [6.07, 6.45) is 0. The molecule has 1 N–H and O–H groups in total. The Bertz CT molecular complexity index is 1380. The lowest BCUT2D eigenvalue weighted by Crippen LogP contribution is -2.09. The zero-order valence-corrected chi connectivity index (χ0v) is 22.6. The predicted molar refractivity (Wildman–Crippen MR) is 146 cm³/mol. The molecule has 0 bridgehead atoms. The number of para-hydroxylation sites is 1. The fourth-order valence-electron chi connectivity index (χ4n) is 3.92. The second-order valence-electron chi connectivity index (χ2n) is 8.86. The van der Waals surface area contributed by atoms with Crippen molar-refractivity contribution < 1.29 is 14.3 Å². The number of nitrogens with zero attached hydrogens (tertiary/aromatic N) is 3. The number of aryl methyl sites for hydroxylation is 1. The monoisotopic (exact) mass is 538 g/mol. The maximum Gasteiger partial charge on any atom is 0.337 e. The summed E-state index contributed by atoms with van der Waals surface area (Å²) in [5.41, 5.74) is 5.84. The molecule has 0 aliphatic carbocycles. The molecule has 0 saturated heterocycles. The van der Waals surface area contributed by atoms with E-state index in [0.717, 1.165) is 34.0 Å². The van der Waals surface area contributed by atoms with E-state index in [0.29, 0.717) is 27.8 Å². The van der Waals surface area contributed by atoms with E-state index in [1.165, 1.54) is 7.11 Å². The molecule has 1 aromatic heterocycles. The first-order valence-electron chi connectivity index (χ1n) is 11.8. The maximum absolute atomic E-state index is 11.6. The second-order valence-corrected chi connectivity index (χ2v) is 9.67. The minimum Gasteiger partial charge on any atom is -0.487 e. The van der Waals surface area contributed by atoms with Gasteiger partial charge in [-0.05, 0) is 72.5 Å². The van der Waals surface area contributed by atoms with Crippen molar-refractivity contribution in [2.75, 3.05) is 12.4 Å². The molecule has 4 aromatic rings. The van der Waals surface area contributed by atoms with Crippen LogP contribution in [0.15, 0.2) is 60.7 Å². The summed E-state index contributed by atoms with van der Waals surface area (Å²) in [5, 5.41) is 13.1. The van der Waals surface area contributed by atoms with Gasteiger partial charge in [0.25, 0.3) is 0 Å². The van der Waals surface area contributed by atoms with Gasteiger partial charge in [-0.25, -0.2) is 9.48 Å². The standard InChI is InChI=1S/C28H28Cl2N4O3/c1-17(2)26-25(34(33-32-26)27-23(29)6-5-7-24(27)30)16-37-22-13-10-20(18(3)14-22)15-31-21-11-8-19(9-12-21)28(35)36-4/h5-14,17,31H,15-16H2,1-4H3. The Kier molecular flexibility index (Phi) is 8.36. The molecule has 9 heteroatoms. The van der Waals surface area contributed by atoms with E-state index in [-0.39, 0.29) is 18.5 Å². The van der Waals surface area contributed by atoms with Gasteiger partial charge in [0.15, 0.2) is 0 Å². The second kappa shape index (κ2) is 11.7. The highest BCUT2D eigenvalue weighted by Crippen LogP contribution is 2.31. The van der Waals surface area contributed by atoms with Crippen LogP contribution in [0.25, 0.3) is 5.69 Å². The molecule has 0 saturated carbocycles. The number of hydrogen-bond acceptors (Lipinski definition) is 6. The van der Waals surface area contributed by atoms with Gasteiger partial charge in [-0.15, -0.1) is 5.10 Å². The first kappa shape index (κ1) is 26.5. The lowest BCUT2D eigenvalue weighted by atomic mass is 10.1. The molecule has 37 heavy (non-hydrogen) atoms. The highest BCUT2D eigenvalue weighted by atomic mass is 35.5. The highest BCUT2D eigenvalue weighted by molar-refractivity contribution is 6.37. The average molecular weight is 539 g/mol. The van der Waals surface area contributed by atoms with E-state index >= 15 is 0 Å². The van der Waals surface area contributed by atoms with Gasteiger partial charge in [-0.1, -0.05) is 54.4 Å². The third kappa shape index (κ3) is 6.06. The quantitative estimate of drug-likeness (QED) is 0.231. The van der Waals surface area contributed by atoms with Gasteiger partial charge >= 0.3 is 5.97 Å². The number of hydrogen-bond donors (Lipinski definition) is 1. The lowest BCUT2D eigenvalue weighted by Gasteiger charge is -2.15. The summed E-state index contributed by atoms with van der Waals surface area (Å²) in [7, 11) is 1.37. The molecule has 0 spiro atoms. The average Bonchev–Trinajstić information content (AvgIpc) is 3.30. The number of rotatable bonds is 9. The summed E-state index contributed by atoms with van der Waals surface area (Å²) >= 11 is 12.9. The Morgan fingerprint density at radius 2 is 1.76 bits per heavy atom. The molecule has 0 aliphatic rings. The van der Waals surface area contributed by atoms with Crippen molar-refractivity contribution in [2.24, 2.45) is 0 Å². The van der Waals surface area contributed by atoms with Crippen molar-refractivity contribution in [1.29, 1.82) is 0 Å². The maximum atomic E-state index is 11.6. The number of ether oxygens (including phenoxy) is 2. The molecule has 0 radical (unpaired) electrons. The van der Waals surface area contributed by atoms with Crippen LogP contribution in [0, 0.1) is 6.92 Å². The van der Waals surface area contributed by atoms with E-state index < -0.39 is 0 Å². The van der Waals surface area contributed by atoms with Crippen LogP contribution in [0.4, 0.5) is 5.69 Å². The molecule has 3 aromatic carbocycles. The predicted octanol–water partition coefficient (Wildman–Crippen LogP) is 6.98.